The van der Waals surface area contributed by atoms with Crippen molar-refractivity contribution in [3.63, 3.8) is 0 Å². The highest BCUT2D eigenvalue weighted by Crippen LogP contribution is 2.41. The maximum Gasteiger partial charge on any atom is 0.175 e. The van der Waals surface area contributed by atoms with Gasteiger partial charge in [0.25, 0.3) is 0 Å². The lowest BCUT2D eigenvalue weighted by Gasteiger charge is -2.11. The molecule has 29 heavy (non-hydrogen) atoms. The number of fused-ring (bicyclic) bond motifs is 2. The Bertz CT molecular complexity index is 1070. The summed E-state index contributed by atoms with van der Waals surface area (Å²) in [5, 5.41) is 8.92. The van der Waals surface area contributed by atoms with E-state index in [1.54, 1.807) is 29.1 Å². The molecular weight excluding hydrogens is 389 g/mol. The van der Waals surface area contributed by atoms with Crippen LogP contribution in [-0.2, 0) is 6.42 Å². The molecule has 3 aliphatic rings. The average molecular weight is 414 g/mol. The number of aromatic nitrogens is 3. The van der Waals surface area contributed by atoms with Crippen LogP contribution in [0.5, 0.6) is 0 Å². The van der Waals surface area contributed by atoms with Crippen LogP contribution in [0.1, 0.15) is 37.9 Å². The number of nitrogens with two attached hydrogens (primary N) is 1. The molecule has 0 bridgehead atoms. The van der Waals surface area contributed by atoms with Crippen LogP contribution in [0.4, 0.5) is 10.1 Å². The molecule has 0 amide bonds. The Kier molecular flexibility index (Phi) is 4.71. The summed E-state index contributed by atoms with van der Waals surface area (Å²) in [6.07, 6.45) is 6.00. The van der Waals surface area contributed by atoms with Crippen LogP contribution in [0.15, 0.2) is 24.4 Å². The molecule has 2 atom stereocenters. The second kappa shape index (κ2) is 7.26. The van der Waals surface area contributed by atoms with Gasteiger partial charge in [0.05, 0.1) is 23.0 Å². The van der Waals surface area contributed by atoms with E-state index >= 15 is 4.39 Å². The monoisotopic (exact) mass is 413 g/mol. The topological polar surface area (TPSA) is 68.8 Å². The van der Waals surface area contributed by atoms with Crippen molar-refractivity contribution in [1.29, 1.82) is 0 Å². The number of nitrogens with zero attached hydrogens (tertiary/aromatic N) is 3. The predicted molar refractivity (Wildman–Crippen MR) is 114 cm³/mol. The minimum atomic E-state index is -0.380. The number of anilines is 1. The first-order chi connectivity index (χ1) is 14.1. The molecule has 6 rings (SSSR count). The second-order valence-electron chi connectivity index (χ2n) is 8.31. The van der Waals surface area contributed by atoms with Gasteiger partial charge in [-0.1, -0.05) is 18.5 Å². The molecule has 2 aromatic heterocycles. The quantitative estimate of drug-likeness (QED) is 0.616. The highest BCUT2D eigenvalue weighted by molar-refractivity contribution is 6.33. The van der Waals surface area contributed by atoms with Crippen molar-refractivity contribution in [3.05, 3.63) is 40.9 Å². The Morgan fingerprint density at radius 1 is 1.28 bits per heavy atom. The fraction of sp³-hybridized carbons (Fsp3) is 0.455. The van der Waals surface area contributed by atoms with Gasteiger partial charge in [0, 0.05) is 16.6 Å². The van der Waals surface area contributed by atoms with Gasteiger partial charge >= 0.3 is 0 Å². The molecule has 2 aliphatic carbocycles. The normalized spacial score (nSPS) is 22.3. The summed E-state index contributed by atoms with van der Waals surface area (Å²) in [5.41, 5.74) is 8.47. The third kappa shape index (κ3) is 3.49. The number of hydrogen-bond acceptors (Lipinski definition) is 4. The van der Waals surface area contributed by atoms with E-state index in [1.165, 1.54) is 19.5 Å². The molecule has 1 saturated heterocycles. The average Bonchev–Trinajstić information content (AvgIpc) is 3.63. The lowest BCUT2D eigenvalue weighted by molar-refractivity contribution is 0.602. The van der Waals surface area contributed by atoms with Crippen LogP contribution in [0.3, 0.4) is 0 Å². The van der Waals surface area contributed by atoms with Crippen molar-refractivity contribution in [2.24, 2.45) is 11.8 Å². The maximum absolute atomic E-state index is 15.2. The molecule has 0 spiro atoms. The zero-order valence-corrected chi connectivity index (χ0v) is 17.2. The molecule has 1 aromatic carbocycles. The van der Waals surface area contributed by atoms with Gasteiger partial charge in [0.1, 0.15) is 11.2 Å². The van der Waals surface area contributed by atoms with E-state index in [1.807, 2.05) is 6.92 Å². The molecule has 0 radical (unpaired) electrons. The van der Waals surface area contributed by atoms with Crippen LogP contribution in [0.25, 0.3) is 22.2 Å². The van der Waals surface area contributed by atoms with Gasteiger partial charge in [-0.3, -0.25) is 4.68 Å². The van der Waals surface area contributed by atoms with Gasteiger partial charge in [0.15, 0.2) is 5.82 Å². The SMILES string of the molecule is C1NCC2CC12.CCc1nc(-c2cc(N)ccc2Cl)c(F)c2c1cnn2C1CC1. The van der Waals surface area contributed by atoms with Crippen molar-refractivity contribution in [3.8, 4) is 11.3 Å². The minimum Gasteiger partial charge on any atom is -0.399 e. The highest BCUT2D eigenvalue weighted by Gasteiger charge is 2.40. The summed E-state index contributed by atoms with van der Waals surface area (Å²) in [5.74, 6) is 1.82. The summed E-state index contributed by atoms with van der Waals surface area (Å²) in [6.45, 7) is 4.62. The zero-order valence-electron chi connectivity index (χ0n) is 16.5. The van der Waals surface area contributed by atoms with Crippen LogP contribution < -0.4 is 11.1 Å². The van der Waals surface area contributed by atoms with E-state index in [9.17, 15) is 0 Å². The first-order valence-electron chi connectivity index (χ1n) is 10.4. The maximum atomic E-state index is 15.2. The number of aryl methyl sites for hydroxylation is 1. The number of rotatable bonds is 3. The summed E-state index contributed by atoms with van der Waals surface area (Å²) < 4.78 is 17.0. The van der Waals surface area contributed by atoms with E-state index in [0.29, 0.717) is 34.3 Å². The zero-order chi connectivity index (χ0) is 20.1. The Morgan fingerprint density at radius 2 is 2.03 bits per heavy atom. The number of nitrogens with one attached hydrogen (secondary N) is 1. The van der Waals surface area contributed by atoms with Gasteiger partial charge in [0.2, 0.25) is 0 Å². The van der Waals surface area contributed by atoms with Gasteiger partial charge in [-0.05, 0) is 68.8 Å². The molecule has 3 fully saturated rings. The molecule has 2 unspecified atom stereocenters. The van der Waals surface area contributed by atoms with Gasteiger partial charge in [-0.2, -0.15) is 5.10 Å². The molecule has 152 valence electrons. The Balaban J connectivity index is 0.000000255. The number of nitrogen functional groups attached to an aromatic ring is 1. The van der Waals surface area contributed by atoms with Crippen LogP contribution in [-0.4, -0.2) is 27.9 Å². The first-order valence-corrected chi connectivity index (χ1v) is 10.8. The second-order valence-corrected chi connectivity index (χ2v) is 8.72. The van der Waals surface area contributed by atoms with Crippen LogP contribution in [0, 0.1) is 17.7 Å². The van der Waals surface area contributed by atoms with E-state index in [0.717, 1.165) is 35.8 Å². The molecule has 2 saturated carbocycles. The Labute approximate surface area is 174 Å². The number of hydrogen-bond donors (Lipinski definition) is 2. The molecule has 7 heteroatoms. The van der Waals surface area contributed by atoms with E-state index in [4.69, 9.17) is 17.3 Å². The number of piperidine rings is 1. The summed E-state index contributed by atoms with van der Waals surface area (Å²) >= 11 is 6.25. The molecule has 1 aliphatic heterocycles. The molecule has 3 N–H and O–H groups in total. The van der Waals surface area contributed by atoms with E-state index < -0.39 is 0 Å². The van der Waals surface area contributed by atoms with E-state index in [-0.39, 0.29) is 11.5 Å². The number of benzene rings is 1. The molecule has 3 heterocycles. The van der Waals surface area contributed by atoms with Crippen molar-refractivity contribution in [1.82, 2.24) is 20.1 Å². The van der Waals surface area contributed by atoms with Crippen LogP contribution in [0.2, 0.25) is 5.02 Å². The number of halogens is 2. The highest BCUT2D eigenvalue weighted by atomic mass is 35.5. The predicted octanol–water partition coefficient (Wildman–Crippen LogP) is 4.60. The largest absolute Gasteiger partial charge is 0.399 e. The number of pyridine rings is 1. The van der Waals surface area contributed by atoms with Gasteiger partial charge in [-0.25, -0.2) is 9.37 Å². The Morgan fingerprint density at radius 3 is 2.62 bits per heavy atom. The van der Waals surface area contributed by atoms with Crippen molar-refractivity contribution < 1.29 is 4.39 Å². The first kappa shape index (κ1) is 18.8. The molecule has 3 aromatic rings. The minimum absolute atomic E-state index is 0.244. The van der Waals surface area contributed by atoms with Gasteiger partial charge < -0.3 is 11.1 Å². The fourth-order valence-electron chi connectivity index (χ4n) is 4.18. The Hall–Kier alpha value is -2.18. The third-order valence-corrected chi connectivity index (χ3v) is 6.45. The standard InChI is InChI=1S/C17H16ClFN4.C5H9N/c1-2-14-12-8-21-23(10-4-5-10)17(12)15(19)16(22-14)11-7-9(20)3-6-13(11)18;1-4-2-6-3-5(1)4/h3,6-8,10H,2,4-5,20H2,1H3;4-6H,1-3H2. The van der Waals surface area contributed by atoms with Gasteiger partial charge in [-0.15, -0.1) is 0 Å². The van der Waals surface area contributed by atoms with Crippen molar-refractivity contribution in [2.45, 2.75) is 38.6 Å². The summed E-state index contributed by atoms with van der Waals surface area (Å²) in [4.78, 5) is 4.52. The van der Waals surface area contributed by atoms with Crippen molar-refractivity contribution in [2.75, 3.05) is 18.8 Å². The van der Waals surface area contributed by atoms with E-state index in [2.05, 4.69) is 15.4 Å². The lowest BCUT2D eigenvalue weighted by atomic mass is 10.1. The summed E-state index contributed by atoms with van der Waals surface area (Å²) in [7, 11) is 0. The molecular formula is C22H25ClFN5. The molecule has 5 nitrogen and oxygen atoms in total. The fourth-order valence-corrected chi connectivity index (χ4v) is 4.39. The van der Waals surface area contributed by atoms with Crippen molar-refractivity contribution >= 4 is 28.2 Å². The summed E-state index contributed by atoms with van der Waals surface area (Å²) in [6, 6.07) is 5.31. The lowest BCUT2D eigenvalue weighted by Crippen LogP contribution is -2.10. The third-order valence-electron chi connectivity index (χ3n) is 6.12. The van der Waals surface area contributed by atoms with Crippen LogP contribution >= 0.6 is 11.6 Å². The smallest absolute Gasteiger partial charge is 0.175 e.